The Kier molecular flexibility index (Phi) is 6.09. The average Bonchev–Trinajstić information content (AvgIpc) is 2.74. The first-order valence-corrected chi connectivity index (χ1v) is 10.2. The lowest BCUT2D eigenvalue weighted by Gasteiger charge is -2.37. The van der Waals surface area contributed by atoms with Crippen molar-refractivity contribution in [2.24, 2.45) is 11.7 Å². The van der Waals surface area contributed by atoms with Crippen LogP contribution >= 0.6 is 0 Å². The van der Waals surface area contributed by atoms with E-state index in [0.717, 1.165) is 42.9 Å². The number of hydrogen-bond acceptors (Lipinski definition) is 5. The number of pyridine rings is 2. The lowest BCUT2D eigenvalue weighted by molar-refractivity contribution is 0.102. The Bertz CT molecular complexity index is 1130. The zero-order valence-electron chi connectivity index (χ0n) is 17.4. The quantitative estimate of drug-likeness (QED) is 0.640. The van der Waals surface area contributed by atoms with Crippen LogP contribution in [0.5, 0.6) is 0 Å². The molecule has 0 spiro atoms. The molecule has 3 aromatic rings. The van der Waals surface area contributed by atoms with E-state index in [2.05, 4.69) is 27.1 Å². The summed E-state index contributed by atoms with van der Waals surface area (Å²) in [4.78, 5) is 22.9. The number of rotatable bonds is 4. The predicted molar refractivity (Wildman–Crippen MR) is 116 cm³/mol. The van der Waals surface area contributed by atoms with Crippen molar-refractivity contribution in [2.75, 3.05) is 23.3 Å². The van der Waals surface area contributed by atoms with Crippen molar-refractivity contribution in [3.8, 4) is 11.3 Å². The minimum atomic E-state index is -0.973. The first kappa shape index (κ1) is 21.8. The first-order chi connectivity index (χ1) is 15.3. The van der Waals surface area contributed by atoms with Crippen LogP contribution in [0.1, 0.15) is 23.8 Å². The highest BCUT2D eigenvalue weighted by Crippen LogP contribution is 2.30. The predicted octanol–water partition coefficient (Wildman–Crippen LogP) is 3.99. The van der Waals surface area contributed by atoms with Crippen LogP contribution in [0, 0.1) is 23.4 Å². The van der Waals surface area contributed by atoms with Gasteiger partial charge in [-0.2, -0.15) is 0 Å². The van der Waals surface area contributed by atoms with Gasteiger partial charge in [0, 0.05) is 25.3 Å². The SMILES string of the molecule is C[C@H]1C[C@@H](N)CN(c2ccncc2NC(=O)c2ccc(F)c(-c3c(F)cccc3F)n2)C1. The number of halogens is 3. The maximum atomic E-state index is 14.3. The molecule has 166 valence electrons. The number of nitrogens with two attached hydrogens (primary N) is 1. The lowest BCUT2D eigenvalue weighted by atomic mass is 9.96. The molecule has 3 N–H and O–H groups in total. The first-order valence-electron chi connectivity index (χ1n) is 10.2. The second-order valence-electron chi connectivity index (χ2n) is 7.98. The lowest BCUT2D eigenvalue weighted by Crippen LogP contribution is -2.46. The van der Waals surface area contributed by atoms with Gasteiger partial charge in [0.2, 0.25) is 0 Å². The number of carbonyl (C=O) groups excluding carboxylic acids is 1. The van der Waals surface area contributed by atoms with Gasteiger partial charge in [-0.05, 0) is 42.7 Å². The van der Waals surface area contributed by atoms with Crippen molar-refractivity contribution in [1.29, 1.82) is 0 Å². The summed E-state index contributed by atoms with van der Waals surface area (Å²) in [7, 11) is 0. The Morgan fingerprint density at radius 3 is 2.56 bits per heavy atom. The molecule has 1 saturated heterocycles. The summed E-state index contributed by atoms with van der Waals surface area (Å²) >= 11 is 0. The number of nitrogens with zero attached hydrogens (tertiary/aromatic N) is 3. The normalized spacial score (nSPS) is 18.5. The van der Waals surface area contributed by atoms with Gasteiger partial charge in [0.05, 0.1) is 23.1 Å². The largest absolute Gasteiger partial charge is 0.368 e. The molecule has 0 saturated carbocycles. The summed E-state index contributed by atoms with van der Waals surface area (Å²) in [6.45, 7) is 3.51. The van der Waals surface area contributed by atoms with Gasteiger partial charge in [-0.25, -0.2) is 18.2 Å². The van der Waals surface area contributed by atoms with Crippen molar-refractivity contribution in [3.63, 3.8) is 0 Å². The van der Waals surface area contributed by atoms with Gasteiger partial charge in [0.25, 0.3) is 5.91 Å². The molecule has 0 radical (unpaired) electrons. The summed E-state index contributed by atoms with van der Waals surface area (Å²) < 4.78 is 42.6. The number of hydrogen-bond donors (Lipinski definition) is 2. The summed E-state index contributed by atoms with van der Waals surface area (Å²) in [5, 5.41) is 2.72. The van der Waals surface area contributed by atoms with E-state index in [4.69, 9.17) is 5.73 Å². The van der Waals surface area contributed by atoms with Gasteiger partial charge < -0.3 is 16.0 Å². The van der Waals surface area contributed by atoms with Crippen LogP contribution in [0.15, 0.2) is 48.8 Å². The molecule has 0 unspecified atom stereocenters. The summed E-state index contributed by atoms with van der Waals surface area (Å²) in [5.74, 6) is -3.17. The van der Waals surface area contributed by atoms with Crippen LogP contribution in [0.25, 0.3) is 11.3 Å². The van der Waals surface area contributed by atoms with Gasteiger partial charge in [-0.1, -0.05) is 13.0 Å². The van der Waals surface area contributed by atoms with E-state index in [9.17, 15) is 18.0 Å². The fourth-order valence-electron chi connectivity index (χ4n) is 4.01. The van der Waals surface area contributed by atoms with Crippen LogP contribution in [0.2, 0.25) is 0 Å². The van der Waals surface area contributed by atoms with Gasteiger partial charge in [0.15, 0.2) is 0 Å². The third kappa shape index (κ3) is 4.43. The highest BCUT2D eigenvalue weighted by Gasteiger charge is 2.25. The van der Waals surface area contributed by atoms with Gasteiger partial charge in [0.1, 0.15) is 28.8 Å². The van der Waals surface area contributed by atoms with E-state index in [0.29, 0.717) is 18.2 Å². The number of aromatic nitrogens is 2. The van der Waals surface area contributed by atoms with E-state index in [1.807, 2.05) is 0 Å². The molecule has 1 fully saturated rings. The monoisotopic (exact) mass is 441 g/mol. The van der Waals surface area contributed by atoms with E-state index >= 15 is 0 Å². The molecule has 1 aliphatic rings. The van der Waals surface area contributed by atoms with Crippen LogP contribution in [0.4, 0.5) is 24.5 Å². The van der Waals surface area contributed by atoms with Gasteiger partial charge in [-0.15, -0.1) is 0 Å². The summed E-state index contributed by atoms with van der Waals surface area (Å²) in [6.07, 6.45) is 4.03. The number of piperidine rings is 1. The standard InChI is InChI=1S/C23H22F3N5O/c1-13-9-14(27)12-31(11-13)20-7-8-28-10-19(20)30-23(32)18-6-5-17(26)22(29-18)21-15(24)3-2-4-16(21)25/h2-8,10,13-14H,9,11-12,27H2,1H3,(H,30,32)/t13-,14+/m0/s1. The minimum absolute atomic E-state index is 0.00690. The number of carbonyl (C=O) groups is 1. The molecule has 2 aromatic heterocycles. The van der Waals surface area contributed by atoms with Crippen LogP contribution in [-0.2, 0) is 0 Å². The Balaban J connectivity index is 1.64. The molecule has 9 heteroatoms. The third-order valence-electron chi connectivity index (χ3n) is 5.36. The Hall–Kier alpha value is -3.46. The molecule has 0 bridgehead atoms. The molecule has 2 atom stereocenters. The van der Waals surface area contributed by atoms with E-state index in [-0.39, 0.29) is 11.7 Å². The molecule has 32 heavy (non-hydrogen) atoms. The van der Waals surface area contributed by atoms with Crippen LogP contribution in [0.3, 0.4) is 0 Å². The van der Waals surface area contributed by atoms with Crippen LogP contribution < -0.4 is 16.0 Å². The Labute approximate surface area is 183 Å². The highest BCUT2D eigenvalue weighted by atomic mass is 19.1. The number of anilines is 2. The Morgan fingerprint density at radius 1 is 1.09 bits per heavy atom. The Morgan fingerprint density at radius 2 is 1.84 bits per heavy atom. The minimum Gasteiger partial charge on any atom is -0.368 e. The molecule has 1 amide bonds. The molecule has 0 aliphatic carbocycles. The molecule has 6 nitrogen and oxygen atoms in total. The fraction of sp³-hybridized carbons (Fsp3) is 0.261. The smallest absolute Gasteiger partial charge is 0.274 e. The van der Waals surface area contributed by atoms with E-state index in [1.54, 1.807) is 12.3 Å². The zero-order valence-corrected chi connectivity index (χ0v) is 17.4. The number of nitrogens with one attached hydrogen (secondary N) is 1. The summed E-state index contributed by atoms with van der Waals surface area (Å²) in [6, 6.07) is 7.06. The number of amides is 1. The topological polar surface area (TPSA) is 84.1 Å². The van der Waals surface area contributed by atoms with Gasteiger partial charge >= 0.3 is 0 Å². The van der Waals surface area contributed by atoms with Crippen molar-refractivity contribution in [2.45, 2.75) is 19.4 Å². The fourth-order valence-corrected chi connectivity index (χ4v) is 4.01. The summed E-state index contributed by atoms with van der Waals surface area (Å²) in [5.41, 5.74) is 5.94. The van der Waals surface area contributed by atoms with E-state index < -0.39 is 34.6 Å². The zero-order chi connectivity index (χ0) is 22.8. The van der Waals surface area contributed by atoms with Crippen LogP contribution in [-0.4, -0.2) is 35.0 Å². The molecule has 1 aromatic carbocycles. The van der Waals surface area contributed by atoms with Crippen molar-refractivity contribution >= 4 is 17.3 Å². The second kappa shape index (κ2) is 8.96. The highest BCUT2D eigenvalue weighted by molar-refractivity contribution is 6.04. The molecular weight excluding hydrogens is 419 g/mol. The second-order valence-corrected chi connectivity index (χ2v) is 7.98. The molecular formula is C23H22F3N5O. The van der Waals surface area contributed by atoms with Gasteiger partial charge in [-0.3, -0.25) is 9.78 Å². The van der Waals surface area contributed by atoms with E-state index in [1.165, 1.54) is 12.3 Å². The number of benzene rings is 1. The maximum Gasteiger partial charge on any atom is 0.274 e. The molecule has 1 aliphatic heterocycles. The van der Waals surface area contributed by atoms with Crippen molar-refractivity contribution in [3.05, 3.63) is 71.9 Å². The molecule has 3 heterocycles. The maximum absolute atomic E-state index is 14.3. The third-order valence-corrected chi connectivity index (χ3v) is 5.36. The average molecular weight is 441 g/mol. The van der Waals surface area contributed by atoms with Crippen molar-refractivity contribution in [1.82, 2.24) is 9.97 Å². The van der Waals surface area contributed by atoms with Crippen molar-refractivity contribution < 1.29 is 18.0 Å². The molecule has 4 rings (SSSR count).